The number of benzene rings is 1. The van der Waals surface area contributed by atoms with E-state index in [1.54, 1.807) is 31.2 Å². The van der Waals surface area contributed by atoms with E-state index in [-0.39, 0.29) is 43.5 Å². The quantitative estimate of drug-likeness (QED) is 0.433. The summed E-state index contributed by atoms with van der Waals surface area (Å²) in [4.78, 5) is 41.3. The molecule has 1 fully saturated rings. The lowest BCUT2D eigenvalue weighted by atomic mass is 9.69. The number of allylic oxidation sites excluding steroid dienone is 1. The molecule has 2 N–H and O–H groups in total. The molecule has 1 heterocycles. The van der Waals surface area contributed by atoms with Crippen molar-refractivity contribution in [3.05, 3.63) is 41.4 Å². The molecule has 1 aliphatic carbocycles. The van der Waals surface area contributed by atoms with Gasteiger partial charge in [-0.05, 0) is 49.9 Å². The van der Waals surface area contributed by atoms with Gasteiger partial charge in [-0.15, -0.1) is 0 Å². The van der Waals surface area contributed by atoms with Gasteiger partial charge in [0.15, 0.2) is 0 Å². The molecular formula is C24H31ClN2O5. The van der Waals surface area contributed by atoms with Gasteiger partial charge in [-0.2, -0.15) is 0 Å². The molecule has 1 aliphatic heterocycles. The standard InChI is InChI=1S/C24H31ClN2O5/c1-3-6-15-7-12-18-20(19(15)24(31)32-4-2)23(30)27(13-5-14-28)21(18)22(29)26-17-10-8-16(25)9-11-17/h7-12,15,18-21,28H,3-6,13-14H2,1-2H3,(H,26,29)/t15-,18+,19-,20-,21+/m1/s1. The van der Waals surface area contributed by atoms with Gasteiger partial charge in [0.05, 0.1) is 18.4 Å². The van der Waals surface area contributed by atoms with Crippen LogP contribution in [0.2, 0.25) is 5.02 Å². The van der Waals surface area contributed by atoms with Crippen molar-refractivity contribution in [3.8, 4) is 0 Å². The van der Waals surface area contributed by atoms with Crippen molar-refractivity contribution in [2.45, 2.75) is 39.2 Å². The summed E-state index contributed by atoms with van der Waals surface area (Å²) in [5, 5.41) is 12.8. The number of fused-ring (bicyclic) bond motifs is 1. The zero-order valence-corrected chi connectivity index (χ0v) is 19.3. The van der Waals surface area contributed by atoms with E-state index in [1.165, 1.54) is 4.90 Å². The van der Waals surface area contributed by atoms with Crippen LogP contribution >= 0.6 is 11.6 Å². The average Bonchev–Trinajstić information content (AvgIpc) is 3.06. The van der Waals surface area contributed by atoms with Crippen LogP contribution in [0.1, 0.15) is 33.1 Å². The number of hydrogen-bond acceptors (Lipinski definition) is 5. The number of nitrogens with one attached hydrogen (secondary N) is 1. The number of aliphatic hydroxyl groups excluding tert-OH is 1. The summed E-state index contributed by atoms with van der Waals surface area (Å²) in [5.74, 6) is -2.79. The van der Waals surface area contributed by atoms with Crippen molar-refractivity contribution >= 4 is 35.1 Å². The predicted molar refractivity (Wildman–Crippen MR) is 122 cm³/mol. The zero-order valence-electron chi connectivity index (χ0n) is 18.5. The van der Waals surface area contributed by atoms with E-state index in [0.717, 1.165) is 12.8 Å². The van der Waals surface area contributed by atoms with Crippen molar-refractivity contribution in [2.24, 2.45) is 23.7 Å². The minimum Gasteiger partial charge on any atom is -0.466 e. The Morgan fingerprint density at radius 3 is 2.53 bits per heavy atom. The Morgan fingerprint density at radius 1 is 1.19 bits per heavy atom. The molecule has 8 heteroatoms. The SMILES string of the molecule is CCC[C@@H]1C=C[C@H]2[C@@H](C(=O)N(CCCO)[C@@H]2C(=O)Nc2ccc(Cl)cc2)[C@@H]1C(=O)OCC. The van der Waals surface area contributed by atoms with Crippen LogP contribution in [0, 0.1) is 23.7 Å². The van der Waals surface area contributed by atoms with Gasteiger partial charge < -0.3 is 20.1 Å². The first kappa shape index (κ1) is 24.3. The number of esters is 1. The third-order valence-corrected chi connectivity index (χ3v) is 6.48. The molecule has 0 bridgehead atoms. The third-order valence-electron chi connectivity index (χ3n) is 6.23. The molecule has 0 spiro atoms. The normalized spacial score (nSPS) is 26.7. The number of ether oxygens (including phenoxy) is 1. The van der Waals surface area contributed by atoms with Crippen molar-refractivity contribution < 1.29 is 24.2 Å². The Bertz CT molecular complexity index is 856. The van der Waals surface area contributed by atoms with E-state index in [1.807, 2.05) is 19.1 Å². The maximum absolute atomic E-state index is 13.5. The Labute approximate surface area is 193 Å². The molecule has 2 aliphatic rings. The molecule has 5 atom stereocenters. The first-order valence-corrected chi connectivity index (χ1v) is 11.6. The van der Waals surface area contributed by atoms with Gasteiger partial charge in [0.1, 0.15) is 6.04 Å². The lowest BCUT2D eigenvalue weighted by molar-refractivity contribution is -0.155. The van der Waals surface area contributed by atoms with Crippen molar-refractivity contribution in [1.82, 2.24) is 4.90 Å². The van der Waals surface area contributed by atoms with Gasteiger partial charge in [-0.25, -0.2) is 0 Å². The van der Waals surface area contributed by atoms with Gasteiger partial charge >= 0.3 is 5.97 Å². The zero-order chi connectivity index (χ0) is 23.3. The number of amides is 2. The van der Waals surface area contributed by atoms with Crippen LogP contribution in [0.15, 0.2) is 36.4 Å². The van der Waals surface area contributed by atoms with Crippen LogP contribution in [0.25, 0.3) is 0 Å². The van der Waals surface area contributed by atoms with E-state index in [9.17, 15) is 19.5 Å². The van der Waals surface area contributed by atoms with Gasteiger partial charge in [0.2, 0.25) is 11.8 Å². The number of carbonyl (C=O) groups is 3. The van der Waals surface area contributed by atoms with E-state index >= 15 is 0 Å². The molecule has 174 valence electrons. The molecule has 7 nitrogen and oxygen atoms in total. The average molecular weight is 463 g/mol. The summed E-state index contributed by atoms with van der Waals surface area (Å²) in [6.45, 7) is 4.16. The predicted octanol–water partition coefficient (Wildman–Crippen LogP) is 3.27. The Balaban J connectivity index is 1.95. The van der Waals surface area contributed by atoms with Gasteiger partial charge in [-0.1, -0.05) is 37.1 Å². The summed E-state index contributed by atoms with van der Waals surface area (Å²) in [7, 11) is 0. The highest BCUT2D eigenvalue weighted by Crippen LogP contribution is 2.45. The summed E-state index contributed by atoms with van der Waals surface area (Å²) in [6, 6.07) is 5.97. The van der Waals surface area contributed by atoms with Gasteiger partial charge in [0, 0.05) is 29.8 Å². The molecule has 0 radical (unpaired) electrons. The van der Waals surface area contributed by atoms with Crippen molar-refractivity contribution in [3.63, 3.8) is 0 Å². The van der Waals surface area contributed by atoms with Gasteiger partial charge in [-0.3, -0.25) is 14.4 Å². The molecule has 2 amide bonds. The highest BCUT2D eigenvalue weighted by Gasteiger charge is 2.57. The lowest BCUT2D eigenvalue weighted by Crippen LogP contribution is -2.44. The third kappa shape index (κ3) is 4.99. The monoisotopic (exact) mass is 462 g/mol. The second kappa shape index (κ2) is 11.0. The van der Waals surface area contributed by atoms with Crippen LogP contribution in [0.5, 0.6) is 0 Å². The van der Waals surface area contributed by atoms with Gasteiger partial charge in [0.25, 0.3) is 0 Å². The molecule has 0 saturated carbocycles. The first-order chi connectivity index (χ1) is 15.4. The minimum absolute atomic E-state index is 0.0970. The Hall–Kier alpha value is -2.38. The number of aliphatic hydroxyl groups is 1. The maximum atomic E-state index is 13.5. The number of carbonyl (C=O) groups excluding carboxylic acids is 3. The number of nitrogens with zero attached hydrogens (tertiary/aromatic N) is 1. The molecule has 32 heavy (non-hydrogen) atoms. The highest BCUT2D eigenvalue weighted by molar-refractivity contribution is 6.30. The van der Waals surface area contributed by atoms with Crippen molar-refractivity contribution in [1.29, 1.82) is 0 Å². The Morgan fingerprint density at radius 2 is 1.91 bits per heavy atom. The fourth-order valence-corrected chi connectivity index (χ4v) is 5.02. The topological polar surface area (TPSA) is 95.9 Å². The van der Waals surface area contributed by atoms with E-state index in [2.05, 4.69) is 5.32 Å². The fourth-order valence-electron chi connectivity index (χ4n) is 4.90. The smallest absolute Gasteiger partial charge is 0.310 e. The van der Waals surface area contributed by atoms with Crippen LogP contribution < -0.4 is 5.32 Å². The molecule has 1 aromatic rings. The maximum Gasteiger partial charge on any atom is 0.310 e. The summed E-state index contributed by atoms with van der Waals surface area (Å²) < 4.78 is 5.34. The van der Waals surface area contributed by atoms with E-state index in [4.69, 9.17) is 16.3 Å². The van der Waals surface area contributed by atoms with Crippen LogP contribution in [-0.4, -0.2) is 53.6 Å². The lowest BCUT2D eigenvalue weighted by Gasteiger charge is -2.33. The fraction of sp³-hybridized carbons (Fsp3) is 0.542. The Kier molecular flexibility index (Phi) is 8.32. The number of halogens is 1. The van der Waals surface area contributed by atoms with Crippen molar-refractivity contribution in [2.75, 3.05) is 25.1 Å². The second-order valence-electron chi connectivity index (χ2n) is 8.27. The largest absolute Gasteiger partial charge is 0.466 e. The molecular weight excluding hydrogens is 432 g/mol. The number of anilines is 1. The van der Waals surface area contributed by atoms with Crippen LogP contribution in [-0.2, 0) is 19.1 Å². The summed E-state index contributed by atoms with van der Waals surface area (Å²) in [5.41, 5.74) is 0.572. The molecule has 0 unspecified atom stereocenters. The second-order valence-corrected chi connectivity index (χ2v) is 8.70. The minimum atomic E-state index is -0.773. The van der Waals surface area contributed by atoms with E-state index < -0.39 is 23.8 Å². The molecule has 1 saturated heterocycles. The summed E-state index contributed by atoms with van der Waals surface area (Å²) >= 11 is 5.93. The van der Waals surface area contributed by atoms with Crippen LogP contribution in [0.4, 0.5) is 5.69 Å². The number of likely N-dealkylation sites (tertiary alicyclic amines) is 1. The molecule has 0 aromatic heterocycles. The highest BCUT2D eigenvalue weighted by atomic mass is 35.5. The first-order valence-electron chi connectivity index (χ1n) is 11.3. The number of hydrogen-bond donors (Lipinski definition) is 2. The van der Waals surface area contributed by atoms with Crippen LogP contribution in [0.3, 0.4) is 0 Å². The molecule has 1 aromatic carbocycles. The summed E-state index contributed by atoms with van der Waals surface area (Å²) in [6.07, 6.45) is 5.86. The molecule has 3 rings (SSSR count). The van der Waals surface area contributed by atoms with E-state index in [0.29, 0.717) is 17.1 Å². The number of rotatable bonds is 9.